The lowest BCUT2D eigenvalue weighted by Gasteiger charge is -2.17. The SMILES string of the molecule is CCC(C)COc1c(C)cccc1CNCCOC. The molecule has 1 atom stereocenters. The fraction of sp³-hybridized carbons (Fsp3) is 0.625. The summed E-state index contributed by atoms with van der Waals surface area (Å²) in [5, 5.41) is 3.37. The first-order valence-corrected chi connectivity index (χ1v) is 7.10. The molecule has 1 unspecified atom stereocenters. The zero-order valence-electron chi connectivity index (χ0n) is 12.7. The van der Waals surface area contributed by atoms with Gasteiger partial charge < -0.3 is 14.8 Å². The Labute approximate surface area is 117 Å². The summed E-state index contributed by atoms with van der Waals surface area (Å²) in [4.78, 5) is 0. The van der Waals surface area contributed by atoms with E-state index in [0.29, 0.717) is 5.92 Å². The molecule has 0 radical (unpaired) electrons. The molecule has 3 heteroatoms. The van der Waals surface area contributed by atoms with E-state index >= 15 is 0 Å². The molecular weight excluding hydrogens is 238 g/mol. The molecule has 0 heterocycles. The molecule has 0 aromatic heterocycles. The van der Waals surface area contributed by atoms with E-state index in [9.17, 15) is 0 Å². The third-order valence-electron chi connectivity index (χ3n) is 3.30. The fourth-order valence-corrected chi connectivity index (χ4v) is 1.80. The average Bonchev–Trinajstić information content (AvgIpc) is 2.42. The second kappa shape index (κ2) is 8.94. The van der Waals surface area contributed by atoms with Crippen molar-refractivity contribution in [1.82, 2.24) is 5.32 Å². The van der Waals surface area contributed by atoms with E-state index in [4.69, 9.17) is 9.47 Å². The van der Waals surface area contributed by atoms with Crippen LogP contribution in [0.15, 0.2) is 18.2 Å². The van der Waals surface area contributed by atoms with Crippen LogP contribution in [0.5, 0.6) is 5.75 Å². The van der Waals surface area contributed by atoms with Crippen molar-refractivity contribution in [2.45, 2.75) is 33.7 Å². The van der Waals surface area contributed by atoms with Gasteiger partial charge in [-0.25, -0.2) is 0 Å². The van der Waals surface area contributed by atoms with Crippen LogP contribution in [-0.4, -0.2) is 26.9 Å². The molecule has 108 valence electrons. The molecule has 0 aliphatic heterocycles. The predicted octanol–water partition coefficient (Wildman–Crippen LogP) is 3.16. The maximum atomic E-state index is 6.01. The van der Waals surface area contributed by atoms with Crippen molar-refractivity contribution in [2.24, 2.45) is 5.92 Å². The minimum atomic E-state index is 0.592. The zero-order valence-corrected chi connectivity index (χ0v) is 12.7. The Morgan fingerprint density at radius 2 is 2.11 bits per heavy atom. The van der Waals surface area contributed by atoms with E-state index in [1.54, 1.807) is 7.11 Å². The summed E-state index contributed by atoms with van der Waals surface area (Å²) < 4.78 is 11.0. The monoisotopic (exact) mass is 265 g/mol. The van der Waals surface area contributed by atoms with Crippen LogP contribution in [0.4, 0.5) is 0 Å². The molecule has 1 aromatic rings. The number of hydrogen-bond donors (Lipinski definition) is 1. The topological polar surface area (TPSA) is 30.5 Å². The molecule has 19 heavy (non-hydrogen) atoms. The summed E-state index contributed by atoms with van der Waals surface area (Å²) in [7, 11) is 1.72. The van der Waals surface area contributed by atoms with Crippen LogP contribution < -0.4 is 10.1 Å². The Morgan fingerprint density at radius 1 is 1.32 bits per heavy atom. The second-order valence-corrected chi connectivity index (χ2v) is 5.06. The average molecular weight is 265 g/mol. The van der Waals surface area contributed by atoms with Crippen molar-refractivity contribution in [3.05, 3.63) is 29.3 Å². The third-order valence-corrected chi connectivity index (χ3v) is 3.30. The molecule has 0 saturated carbocycles. The lowest BCUT2D eigenvalue weighted by atomic mass is 10.1. The highest BCUT2D eigenvalue weighted by Gasteiger charge is 2.08. The maximum Gasteiger partial charge on any atom is 0.126 e. The summed E-state index contributed by atoms with van der Waals surface area (Å²) in [6, 6.07) is 6.31. The van der Waals surface area contributed by atoms with Gasteiger partial charge in [-0.15, -0.1) is 0 Å². The van der Waals surface area contributed by atoms with E-state index in [-0.39, 0.29) is 0 Å². The maximum absolute atomic E-state index is 6.01. The highest BCUT2D eigenvalue weighted by atomic mass is 16.5. The Hall–Kier alpha value is -1.06. The highest BCUT2D eigenvalue weighted by Crippen LogP contribution is 2.24. The summed E-state index contributed by atoms with van der Waals surface area (Å²) in [6.45, 7) is 9.70. The third kappa shape index (κ3) is 5.62. The molecule has 0 fully saturated rings. The Kier molecular flexibility index (Phi) is 7.53. The predicted molar refractivity (Wildman–Crippen MR) is 79.7 cm³/mol. The minimum Gasteiger partial charge on any atom is -0.493 e. The van der Waals surface area contributed by atoms with Crippen LogP contribution in [0.25, 0.3) is 0 Å². The number of rotatable bonds is 9. The van der Waals surface area contributed by atoms with Gasteiger partial charge in [0.05, 0.1) is 13.2 Å². The summed E-state index contributed by atoms with van der Waals surface area (Å²) >= 11 is 0. The van der Waals surface area contributed by atoms with Gasteiger partial charge >= 0.3 is 0 Å². The van der Waals surface area contributed by atoms with Gasteiger partial charge in [-0.05, 0) is 18.4 Å². The van der Waals surface area contributed by atoms with Crippen LogP contribution >= 0.6 is 0 Å². The highest BCUT2D eigenvalue weighted by molar-refractivity contribution is 5.40. The van der Waals surface area contributed by atoms with Gasteiger partial charge in [0.15, 0.2) is 0 Å². The Balaban J connectivity index is 2.61. The molecule has 0 amide bonds. The number of hydrogen-bond acceptors (Lipinski definition) is 3. The molecule has 1 aromatic carbocycles. The zero-order chi connectivity index (χ0) is 14.1. The molecule has 0 aliphatic carbocycles. The van der Waals surface area contributed by atoms with Crippen molar-refractivity contribution in [1.29, 1.82) is 0 Å². The number of methoxy groups -OCH3 is 1. The lowest BCUT2D eigenvalue weighted by Crippen LogP contribution is -2.19. The van der Waals surface area contributed by atoms with Gasteiger partial charge in [-0.2, -0.15) is 0 Å². The standard InChI is InChI=1S/C16H27NO2/c1-5-13(2)12-19-16-14(3)7-6-8-15(16)11-17-9-10-18-4/h6-8,13,17H,5,9-12H2,1-4H3. The second-order valence-electron chi connectivity index (χ2n) is 5.06. The van der Waals surface area contributed by atoms with Crippen molar-refractivity contribution >= 4 is 0 Å². The van der Waals surface area contributed by atoms with Crippen LogP contribution in [-0.2, 0) is 11.3 Å². The normalized spacial score (nSPS) is 12.4. The number of aryl methyl sites for hydroxylation is 1. The van der Waals surface area contributed by atoms with Crippen molar-refractivity contribution in [3.63, 3.8) is 0 Å². The first-order chi connectivity index (χ1) is 9.19. The van der Waals surface area contributed by atoms with Gasteiger partial charge in [0.1, 0.15) is 5.75 Å². The fourth-order valence-electron chi connectivity index (χ4n) is 1.80. The quantitative estimate of drug-likeness (QED) is 0.696. The molecule has 0 spiro atoms. The number of benzene rings is 1. The van der Waals surface area contributed by atoms with Crippen LogP contribution in [0, 0.1) is 12.8 Å². The lowest BCUT2D eigenvalue weighted by molar-refractivity contribution is 0.198. The molecule has 0 saturated heterocycles. The summed E-state index contributed by atoms with van der Waals surface area (Å²) in [5.74, 6) is 1.63. The summed E-state index contributed by atoms with van der Waals surface area (Å²) in [6.07, 6.45) is 1.15. The van der Waals surface area contributed by atoms with Gasteiger partial charge in [0.25, 0.3) is 0 Å². The van der Waals surface area contributed by atoms with Crippen molar-refractivity contribution < 1.29 is 9.47 Å². The molecule has 3 nitrogen and oxygen atoms in total. The van der Waals surface area contributed by atoms with Gasteiger partial charge in [-0.1, -0.05) is 38.5 Å². The Bertz CT molecular complexity index is 366. The molecular formula is C16H27NO2. The number of para-hydroxylation sites is 1. The molecule has 0 aliphatic rings. The molecule has 1 N–H and O–H groups in total. The summed E-state index contributed by atoms with van der Waals surface area (Å²) in [5.41, 5.74) is 2.42. The number of ether oxygens (including phenoxy) is 2. The first kappa shape index (κ1) is 16.0. The van der Waals surface area contributed by atoms with E-state index in [0.717, 1.165) is 38.5 Å². The van der Waals surface area contributed by atoms with E-state index in [2.05, 4.69) is 44.3 Å². The van der Waals surface area contributed by atoms with Gasteiger partial charge in [0, 0.05) is 25.8 Å². The van der Waals surface area contributed by atoms with Crippen LogP contribution in [0.3, 0.4) is 0 Å². The Morgan fingerprint density at radius 3 is 2.79 bits per heavy atom. The van der Waals surface area contributed by atoms with Gasteiger partial charge in [-0.3, -0.25) is 0 Å². The molecule has 1 rings (SSSR count). The van der Waals surface area contributed by atoms with E-state index < -0.39 is 0 Å². The van der Waals surface area contributed by atoms with Crippen LogP contribution in [0.1, 0.15) is 31.4 Å². The van der Waals surface area contributed by atoms with Crippen molar-refractivity contribution in [2.75, 3.05) is 26.9 Å². The minimum absolute atomic E-state index is 0.592. The van der Waals surface area contributed by atoms with Crippen molar-refractivity contribution in [3.8, 4) is 5.75 Å². The van der Waals surface area contributed by atoms with E-state index in [1.807, 2.05) is 0 Å². The molecule has 0 bridgehead atoms. The van der Waals surface area contributed by atoms with Crippen LogP contribution in [0.2, 0.25) is 0 Å². The first-order valence-electron chi connectivity index (χ1n) is 7.10. The van der Waals surface area contributed by atoms with E-state index in [1.165, 1.54) is 11.1 Å². The van der Waals surface area contributed by atoms with Gasteiger partial charge in [0.2, 0.25) is 0 Å². The number of nitrogens with one attached hydrogen (secondary N) is 1. The largest absolute Gasteiger partial charge is 0.493 e. The smallest absolute Gasteiger partial charge is 0.126 e.